The van der Waals surface area contributed by atoms with E-state index in [9.17, 15) is 10.1 Å². The van der Waals surface area contributed by atoms with Crippen molar-refractivity contribution in [3.8, 4) is 11.5 Å². The van der Waals surface area contributed by atoms with E-state index in [2.05, 4.69) is 17.1 Å². The largest absolute Gasteiger partial charge is 0.454 e. The number of rotatable bonds is 5. The number of hydrogen-bond acceptors (Lipinski definition) is 10. The number of hydrogen-bond donors (Lipinski definition) is 0. The van der Waals surface area contributed by atoms with Crippen LogP contribution in [0.4, 0.5) is 10.8 Å². The van der Waals surface area contributed by atoms with Crippen molar-refractivity contribution >= 4 is 27.9 Å². The zero-order valence-corrected chi connectivity index (χ0v) is 19.1. The number of ether oxygens (including phenoxy) is 3. The van der Waals surface area contributed by atoms with Crippen molar-refractivity contribution in [3.05, 3.63) is 67.7 Å². The maximum absolute atomic E-state index is 11.3. The molecular weight excluding hydrogens is 446 g/mol. The number of hydrazone groups is 1. The summed E-state index contributed by atoms with van der Waals surface area (Å²) < 4.78 is 16.4. The zero-order valence-electron chi connectivity index (χ0n) is 18.3. The number of aryl methyl sites for hydroxylation is 1. The van der Waals surface area contributed by atoms with Gasteiger partial charge in [0.2, 0.25) is 11.9 Å². The van der Waals surface area contributed by atoms with Crippen LogP contribution in [0.3, 0.4) is 0 Å². The van der Waals surface area contributed by atoms with Gasteiger partial charge in [-0.3, -0.25) is 10.1 Å². The minimum atomic E-state index is -0.382. The molecule has 1 atom stereocenters. The van der Waals surface area contributed by atoms with Crippen molar-refractivity contribution in [2.75, 3.05) is 18.9 Å². The molecule has 0 spiro atoms. The van der Waals surface area contributed by atoms with Gasteiger partial charge in [-0.15, -0.1) is 10.2 Å². The molecule has 0 fully saturated rings. The molecule has 10 nitrogen and oxygen atoms in total. The first-order valence-corrected chi connectivity index (χ1v) is 11.1. The standard InChI is InChI=1S/C22H21N5O5S/c1-12-6-14(4-5-17(12)27(28)29)21-16-9-19-18(31-11-32-19)8-15(16)7-13(2)26(25-21)22-24-23-20(33-22)10-30-3/h4-6,8-9,13H,7,10-11H2,1-3H3/t13-/m1/s1. The molecule has 5 rings (SSSR count). The molecule has 3 heterocycles. The lowest BCUT2D eigenvalue weighted by Crippen LogP contribution is -2.29. The number of benzene rings is 2. The molecule has 0 saturated heterocycles. The average molecular weight is 468 g/mol. The fraction of sp³-hybridized carbons (Fsp3) is 0.318. The highest BCUT2D eigenvalue weighted by Gasteiger charge is 2.29. The Kier molecular flexibility index (Phi) is 5.43. The summed E-state index contributed by atoms with van der Waals surface area (Å²) in [6.07, 6.45) is 0.685. The Hall–Kier alpha value is -3.57. The highest BCUT2D eigenvalue weighted by molar-refractivity contribution is 7.15. The highest BCUT2D eigenvalue weighted by atomic mass is 32.1. The fourth-order valence-corrected chi connectivity index (χ4v) is 4.87. The molecule has 0 amide bonds. The quantitative estimate of drug-likeness (QED) is 0.411. The Balaban J connectivity index is 1.67. The number of nitrogens with zero attached hydrogens (tertiary/aromatic N) is 5. The third kappa shape index (κ3) is 3.89. The van der Waals surface area contributed by atoms with E-state index in [0.29, 0.717) is 40.9 Å². The molecular formula is C22H21N5O5S. The second kappa shape index (κ2) is 8.41. The van der Waals surface area contributed by atoms with Gasteiger partial charge in [0.15, 0.2) is 11.5 Å². The number of fused-ring (bicyclic) bond motifs is 2. The molecule has 170 valence electrons. The molecule has 2 aliphatic heterocycles. The van der Waals surface area contributed by atoms with Gasteiger partial charge in [-0.2, -0.15) is 5.10 Å². The Bertz CT molecular complexity index is 1270. The average Bonchev–Trinajstić information content (AvgIpc) is 3.40. The molecule has 2 aromatic carbocycles. The van der Waals surface area contributed by atoms with Crippen LogP contribution in [-0.2, 0) is 17.8 Å². The monoisotopic (exact) mass is 467 g/mol. The summed E-state index contributed by atoms with van der Waals surface area (Å²) in [5, 5.41) is 28.1. The molecule has 0 saturated carbocycles. The third-order valence-electron chi connectivity index (χ3n) is 5.58. The van der Waals surface area contributed by atoms with Gasteiger partial charge in [0.1, 0.15) is 11.6 Å². The van der Waals surface area contributed by atoms with Gasteiger partial charge in [-0.25, -0.2) is 5.01 Å². The molecule has 3 aromatic rings. The van der Waals surface area contributed by atoms with Crippen LogP contribution in [0.25, 0.3) is 0 Å². The second-order valence-electron chi connectivity index (χ2n) is 7.88. The SMILES string of the molecule is COCc1nnc(N2N=C(c3ccc([N+](=O)[O-])c(C)c3)c3cc4c(cc3C[C@H]2C)OCO4)s1. The van der Waals surface area contributed by atoms with Crippen molar-refractivity contribution in [3.63, 3.8) is 0 Å². The molecule has 0 N–H and O–H groups in total. The van der Waals surface area contributed by atoms with E-state index < -0.39 is 0 Å². The maximum Gasteiger partial charge on any atom is 0.272 e. The minimum absolute atomic E-state index is 0.0240. The van der Waals surface area contributed by atoms with Gasteiger partial charge >= 0.3 is 0 Å². The van der Waals surface area contributed by atoms with Gasteiger partial charge < -0.3 is 14.2 Å². The number of aromatic nitrogens is 2. The summed E-state index contributed by atoms with van der Waals surface area (Å²) in [6.45, 7) is 4.34. The molecule has 0 radical (unpaired) electrons. The van der Waals surface area contributed by atoms with E-state index in [1.54, 1.807) is 26.2 Å². The Morgan fingerprint density at radius 3 is 2.76 bits per heavy atom. The zero-order chi connectivity index (χ0) is 23.1. The van der Waals surface area contributed by atoms with Gasteiger partial charge in [-0.1, -0.05) is 11.3 Å². The molecule has 0 aliphatic carbocycles. The van der Waals surface area contributed by atoms with Crippen molar-refractivity contribution < 1.29 is 19.1 Å². The van der Waals surface area contributed by atoms with Crippen LogP contribution in [0.2, 0.25) is 0 Å². The van der Waals surface area contributed by atoms with Crippen LogP contribution >= 0.6 is 11.3 Å². The first-order valence-electron chi connectivity index (χ1n) is 10.3. The van der Waals surface area contributed by atoms with E-state index in [-0.39, 0.29) is 23.4 Å². The number of nitro groups is 1. The summed E-state index contributed by atoms with van der Waals surface area (Å²) in [5.74, 6) is 1.35. The topological polar surface area (TPSA) is 112 Å². The third-order valence-corrected chi connectivity index (χ3v) is 6.47. The maximum atomic E-state index is 11.3. The lowest BCUT2D eigenvalue weighted by molar-refractivity contribution is -0.385. The highest BCUT2D eigenvalue weighted by Crippen LogP contribution is 2.39. The Morgan fingerprint density at radius 1 is 1.24 bits per heavy atom. The normalized spacial score (nSPS) is 16.9. The lowest BCUT2D eigenvalue weighted by atomic mass is 9.93. The predicted molar refractivity (Wildman–Crippen MR) is 122 cm³/mol. The Morgan fingerprint density at radius 2 is 2.03 bits per heavy atom. The second-order valence-corrected chi connectivity index (χ2v) is 8.92. The summed E-state index contributed by atoms with van der Waals surface area (Å²) in [5.41, 5.74) is 4.00. The molecule has 0 unspecified atom stereocenters. The van der Waals surface area contributed by atoms with E-state index in [1.807, 2.05) is 17.1 Å². The summed E-state index contributed by atoms with van der Waals surface area (Å²) in [7, 11) is 1.61. The number of nitro benzene ring substituents is 1. The van der Waals surface area contributed by atoms with E-state index in [0.717, 1.165) is 21.7 Å². The van der Waals surface area contributed by atoms with E-state index >= 15 is 0 Å². The molecule has 2 aliphatic rings. The van der Waals surface area contributed by atoms with Gasteiger partial charge in [0, 0.05) is 29.9 Å². The van der Waals surface area contributed by atoms with Gasteiger partial charge in [0.05, 0.1) is 16.7 Å². The van der Waals surface area contributed by atoms with E-state index in [4.69, 9.17) is 19.3 Å². The lowest BCUT2D eigenvalue weighted by Gasteiger charge is -2.21. The van der Waals surface area contributed by atoms with Crippen molar-refractivity contribution in [1.82, 2.24) is 10.2 Å². The smallest absolute Gasteiger partial charge is 0.272 e. The summed E-state index contributed by atoms with van der Waals surface area (Å²) in [4.78, 5) is 11.0. The van der Waals surface area contributed by atoms with Gasteiger partial charge in [-0.05, 0) is 50.1 Å². The van der Waals surface area contributed by atoms with Crippen molar-refractivity contribution in [1.29, 1.82) is 0 Å². The minimum Gasteiger partial charge on any atom is -0.454 e. The number of anilines is 1. The van der Waals surface area contributed by atoms with Crippen LogP contribution in [0, 0.1) is 17.0 Å². The molecule has 33 heavy (non-hydrogen) atoms. The first-order chi connectivity index (χ1) is 15.9. The fourth-order valence-electron chi connectivity index (χ4n) is 4.01. The van der Waals surface area contributed by atoms with Crippen LogP contribution in [0.15, 0.2) is 35.4 Å². The van der Waals surface area contributed by atoms with Crippen LogP contribution in [0.1, 0.15) is 34.2 Å². The predicted octanol–water partition coefficient (Wildman–Crippen LogP) is 3.83. The van der Waals surface area contributed by atoms with Crippen LogP contribution < -0.4 is 14.5 Å². The van der Waals surface area contributed by atoms with Crippen LogP contribution in [0.5, 0.6) is 11.5 Å². The summed E-state index contributed by atoms with van der Waals surface area (Å²) in [6, 6.07) is 8.92. The Labute approximate surface area is 193 Å². The van der Waals surface area contributed by atoms with E-state index in [1.165, 1.54) is 17.4 Å². The number of methoxy groups -OCH3 is 1. The van der Waals surface area contributed by atoms with Crippen molar-refractivity contribution in [2.45, 2.75) is 32.9 Å². The molecule has 0 bridgehead atoms. The molecule has 11 heteroatoms. The summed E-state index contributed by atoms with van der Waals surface area (Å²) >= 11 is 1.42. The first kappa shape index (κ1) is 21.3. The van der Waals surface area contributed by atoms with Gasteiger partial charge in [0.25, 0.3) is 5.69 Å². The van der Waals surface area contributed by atoms with Crippen molar-refractivity contribution in [2.24, 2.45) is 5.10 Å². The molecule has 1 aromatic heterocycles. The van der Waals surface area contributed by atoms with Crippen LogP contribution in [-0.4, -0.2) is 40.8 Å².